The van der Waals surface area contributed by atoms with Crippen LogP contribution in [0.25, 0.3) is 0 Å². The number of hydrogen-bond donors (Lipinski definition) is 3. The van der Waals surface area contributed by atoms with Crippen molar-refractivity contribution in [2.45, 2.75) is 45.6 Å². The van der Waals surface area contributed by atoms with E-state index in [1.807, 2.05) is 12.1 Å². The van der Waals surface area contributed by atoms with Gasteiger partial charge in [0.1, 0.15) is 5.75 Å². The molecule has 1 saturated heterocycles. The van der Waals surface area contributed by atoms with Crippen molar-refractivity contribution in [2.24, 2.45) is 4.99 Å². The van der Waals surface area contributed by atoms with Gasteiger partial charge in [0.05, 0.1) is 13.7 Å². The Bertz CT molecular complexity index is 669. The summed E-state index contributed by atoms with van der Waals surface area (Å²) in [4.78, 5) is 19.6. The second kappa shape index (κ2) is 11.7. The van der Waals surface area contributed by atoms with Crippen LogP contribution in [0.1, 0.15) is 50.4 Å². The molecule has 0 atom stereocenters. The number of piperidine rings is 1. The number of amides is 1. The van der Waals surface area contributed by atoms with Crippen LogP contribution >= 0.6 is 0 Å². The number of nitrogens with zero attached hydrogens (tertiary/aromatic N) is 2. The highest BCUT2D eigenvalue weighted by atomic mass is 16.5. The van der Waals surface area contributed by atoms with Crippen molar-refractivity contribution >= 4 is 11.9 Å². The Morgan fingerprint density at radius 1 is 1.14 bits per heavy atom. The van der Waals surface area contributed by atoms with Crippen molar-refractivity contribution in [3.63, 3.8) is 0 Å². The van der Waals surface area contributed by atoms with Gasteiger partial charge in [0.2, 0.25) is 0 Å². The fourth-order valence-electron chi connectivity index (χ4n) is 3.44. The molecule has 1 aromatic carbocycles. The summed E-state index contributed by atoms with van der Waals surface area (Å²) in [6.07, 6.45) is 3.89. The Labute approximate surface area is 175 Å². The van der Waals surface area contributed by atoms with Crippen LogP contribution in [0, 0.1) is 0 Å². The lowest BCUT2D eigenvalue weighted by molar-refractivity contribution is 0.0954. The Kier molecular flexibility index (Phi) is 9.25. The Morgan fingerprint density at radius 3 is 2.55 bits per heavy atom. The monoisotopic (exact) mass is 403 g/mol. The van der Waals surface area contributed by atoms with Gasteiger partial charge in [-0.2, -0.15) is 0 Å². The lowest BCUT2D eigenvalue weighted by atomic mass is 9.99. The molecule has 3 N–H and O–H groups in total. The Hall–Kier alpha value is -2.28. The fourth-order valence-corrected chi connectivity index (χ4v) is 3.44. The first-order valence-corrected chi connectivity index (χ1v) is 10.7. The number of methoxy groups -OCH3 is 1. The Balaban J connectivity index is 1.80. The van der Waals surface area contributed by atoms with E-state index >= 15 is 0 Å². The van der Waals surface area contributed by atoms with Crippen LogP contribution in [0.3, 0.4) is 0 Å². The molecule has 2 rings (SSSR count). The highest BCUT2D eigenvalue weighted by molar-refractivity contribution is 5.94. The van der Waals surface area contributed by atoms with E-state index in [0.717, 1.165) is 32.1 Å². The van der Waals surface area contributed by atoms with Gasteiger partial charge in [-0.1, -0.05) is 12.5 Å². The zero-order valence-corrected chi connectivity index (χ0v) is 18.4. The molecule has 0 aliphatic carbocycles. The average molecular weight is 404 g/mol. The maximum absolute atomic E-state index is 12.3. The van der Waals surface area contributed by atoms with E-state index in [4.69, 9.17) is 9.73 Å². The Morgan fingerprint density at radius 2 is 1.86 bits per heavy atom. The molecule has 7 nitrogen and oxygen atoms in total. The molecule has 29 heavy (non-hydrogen) atoms. The van der Waals surface area contributed by atoms with E-state index in [1.165, 1.54) is 19.3 Å². The minimum atomic E-state index is -0.112. The molecule has 1 aliphatic rings. The number of carbonyl (C=O) groups is 1. The molecule has 0 radical (unpaired) electrons. The molecule has 1 aliphatic heterocycles. The summed E-state index contributed by atoms with van der Waals surface area (Å²) < 4.78 is 5.17. The lowest BCUT2D eigenvalue weighted by Crippen LogP contribution is -2.50. The molecule has 1 heterocycles. The molecule has 0 bridgehead atoms. The van der Waals surface area contributed by atoms with Gasteiger partial charge < -0.3 is 20.7 Å². The van der Waals surface area contributed by atoms with Gasteiger partial charge >= 0.3 is 0 Å². The number of guanidine groups is 1. The van der Waals surface area contributed by atoms with Gasteiger partial charge in [-0.05, 0) is 64.9 Å². The molecule has 0 aromatic heterocycles. The molecule has 0 saturated carbocycles. The minimum Gasteiger partial charge on any atom is -0.497 e. The van der Waals surface area contributed by atoms with Gasteiger partial charge in [0.15, 0.2) is 5.96 Å². The van der Waals surface area contributed by atoms with E-state index in [0.29, 0.717) is 24.4 Å². The van der Waals surface area contributed by atoms with Crippen LogP contribution < -0.4 is 20.7 Å². The summed E-state index contributed by atoms with van der Waals surface area (Å²) in [5, 5.41) is 9.51. The molecule has 1 fully saturated rings. The second-order valence-corrected chi connectivity index (χ2v) is 7.97. The number of carbonyl (C=O) groups excluding carboxylic acids is 1. The van der Waals surface area contributed by atoms with Crippen LogP contribution in [-0.4, -0.2) is 68.7 Å². The van der Waals surface area contributed by atoms with E-state index in [2.05, 4.69) is 41.6 Å². The number of benzene rings is 1. The molecular weight excluding hydrogens is 366 g/mol. The maximum atomic E-state index is 12.3. The van der Waals surface area contributed by atoms with Crippen molar-refractivity contribution in [1.29, 1.82) is 0 Å². The van der Waals surface area contributed by atoms with Crippen LogP contribution in [0.4, 0.5) is 0 Å². The normalized spacial score (nSPS) is 15.7. The molecule has 1 aromatic rings. The first-order chi connectivity index (χ1) is 14.0. The summed E-state index contributed by atoms with van der Waals surface area (Å²) in [6, 6.07) is 7.14. The minimum absolute atomic E-state index is 0.0450. The molecule has 7 heteroatoms. The topological polar surface area (TPSA) is 78.0 Å². The number of rotatable bonds is 9. The molecular formula is C22H37N5O2. The number of nitrogens with one attached hydrogen (secondary N) is 3. The molecule has 0 unspecified atom stereocenters. The van der Waals surface area contributed by atoms with Crippen molar-refractivity contribution in [3.05, 3.63) is 29.8 Å². The quantitative estimate of drug-likeness (QED) is 0.335. The van der Waals surface area contributed by atoms with Gasteiger partial charge in [0, 0.05) is 30.7 Å². The molecule has 1 amide bonds. The van der Waals surface area contributed by atoms with E-state index in [-0.39, 0.29) is 11.4 Å². The van der Waals surface area contributed by atoms with E-state index in [1.54, 1.807) is 19.2 Å². The predicted molar refractivity (Wildman–Crippen MR) is 119 cm³/mol. The van der Waals surface area contributed by atoms with Gasteiger partial charge in [-0.25, -0.2) is 0 Å². The summed E-state index contributed by atoms with van der Waals surface area (Å²) in [5.74, 6) is 1.35. The summed E-state index contributed by atoms with van der Waals surface area (Å²) in [7, 11) is 1.59. The SMILES string of the molecule is CCNC(=NCC(C)(C)N1CCCCC1)NCCNC(=O)c1cccc(OC)c1. The molecule has 162 valence electrons. The largest absolute Gasteiger partial charge is 0.497 e. The smallest absolute Gasteiger partial charge is 0.251 e. The number of aliphatic imine (C=N–C) groups is 1. The third-order valence-corrected chi connectivity index (χ3v) is 5.22. The van der Waals surface area contributed by atoms with Crippen molar-refractivity contribution in [2.75, 3.05) is 46.4 Å². The number of hydrogen-bond acceptors (Lipinski definition) is 4. The first-order valence-electron chi connectivity index (χ1n) is 10.7. The van der Waals surface area contributed by atoms with Crippen LogP contribution in [0.5, 0.6) is 5.75 Å². The zero-order valence-electron chi connectivity index (χ0n) is 18.4. The van der Waals surface area contributed by atoms with Gasteiger partial charge in [-0.3, -0.25) is 14.7 Å². The standard InChI is InChI=1S/C22H37N5O2/c1-5-23-21(26-17-22(2,3)27-14-7-6-8-15-27)25-13-12-24-20(28)18-10-9-11-19(16-18)29-4/h9-11,16H,5-8,12-15,17H2,1-4H3,(H,24,28)(H2,23,25,26). The van der Waals surface area contributed by atoms with E-state index < -0.39 is 0 Å². The predicted octanol–water partition coefficient (Wildman–Crippen LogP) is 2.24. The third kappa shape index (κ3) is 7.57. The van der Waals surface area contributed by atoms with Crippen LogP contribution in [-0.2, 0) is 0 Å². The van der Waals surface area contributed by atoms with Crippen LogP contribution in [0.2, 0.25) is 0 Å². The lowest BCUT2D eigenvalue weighted by Gasteiger charge is -2.40. The van der Waals surface area contributed by atoms with Gasteiger partial charge in [-0.15, -0.1) is 0 Å². The van der Waals surface area contributed by atoms with E-state index in [9.17, 15) is 4.79 Å². The van der Waals surface area contributed by atoms with Crippen LogP contribution in [0.15, 0.2) is 29.3 Å². The number of likely N-dealkylation sites (tertiary alicyclic amines) is 1. The summed E-state index contributed by atoms with van der Waals surface area (Å²) in [5.41, 5.74) is 0.636. The molecule has 0 spiro atoms. The first kappa shape index (κ1) is 23.0. The summed E-state index contributed by atoms with van der Waals surface area (Å²) >= 11 is 0. The average Bonchev–Trinajstić information content (AvgIpc) is 2.75. The van der Waals surface area contributed by atoms with Crippen molar-refractivity contribution in [1.82, 2.24) is 20.9 Å². The summed E-state index contributed by atoms with van der Waals surface area (Å²) in [6.45, 7) is 11.5. The second-order valence-electron chi connectivity index (χ2n) is 7.97. The highest BCUT2D eigenvalue weighted by Gasteiger charge is 2.27. The van der Waals surface area contributed by atoms with Gasteiger partial charge in [0.25, 0.3) is 5.91 Å². The van der Waals surface area contributed by atoms with Crippen molar-refractivity contribution in [3.8, 4) is 5.75 Å². The zero-order chi connectivity index (χ0) is 21.1. The fraction of sp³-hybridized carbons (Fsp3) is 0.636. The number of ether oxygens (including phenoxy) is 1. The maximum Gasteiger partial charge on any atom is 0.251 e. The van der Waals surface area contributed by atoms with Crippen molar-refractivity contribution < 1.29 is 9.53 Å². The highest BCUT2D eigenvalue weighted by Crippen LogP contribution is 2.20. The third-order valence-electron chi connectivity index (χ3n) is 5.22.